The Morgan fingerprint density at radius 1 is 1.22 bits per heavy atom. The molecule has 1 atom stereocenters. The molecule has 32 heavy (non-hydrogen) atoms. The van der Waals surface area contributed by atoms with Crippen LogP contribution in [0.2, 0.25) is 0 Å². The van der Waals surface area contributed by atoms with E-state index in [1.807, 2.05) is 32.3 Å². The molecule has 1 unspecified atom stereocenters. The van der Waals surface area contributed by atoms with Crippen molar-refractivity contribution in [1.29, 1.82) is 0 Å². The van der Waals surface area contributed by atoms with Crippen molar-refractivity contribution < 1.29 is 19.0 Å². The Labute approximate surface area is 193 Å². The maximum absolute atomic E-state index is 14.5. The molecule has 0 saturated heterocycles. The quantitative estimate of drug-likeness (QED) is 0.217. The highest BCUT2D eigenvalue weighted by Gasteiger charge is 2.11. The van der Waals surface area contributed by atoms with E-state index >= 15 is 0 Å². The smallest absolute Gasteiger partial charge is 0.257 e. The predicted molar refractivity (Wildman–Crippen MR) is 127 cm³/mol. The van der Waals surface area contributed by atoms with E-state index in [9.17, 15) is 9.18 Å². The third-order valence-electron chi connectivity index (χ3n) is 4.44. The number of hydrogen-bond donors (Lipinski definition) is 5. The largest absolute Gasteiger partial charge is 0.484 e. The lowest BCUT2D eigenvalue weighted by Crippen LogP contribution is -2.34. The van der Waals surface area contributed by atoms with E-state index < -0.39 is 0 Å². The van der Waals surface area contributed by atoms with Gasteiger partial charge in [0.15, 0.2) is 6.61 Å². The highest BCUT2D eigenvalue weighted by Crippen LogP contribution is 2.25. The molecule has 0 bridgehead atoms. The number of rotatable bonds is 14. The third kappa shape index (κ3) is 8.88. The van der Waals surface area contributed by atoms with Crippen LogP contribution in [-0.4, -0.2) is 57.5 Å². The fraction of sp³-hybridized carbons (Fsp3) is 0.348. The maximum atomic E-state index is 14.5. The van der Waals surface area contributed by atoms with E-state index in [-0.39, 0.29) is 31.0 Å². The van der Waals surface area contributed by atoms with Crippen LogP contribution >= 0.6 is 11.9 Å². The standard InChI is InChI=1S/C23H31FN4O3S/c1-25-15-17(26-2)13-22(20-9-3-4-10-21(20)24)28-32-19-8-5-7-18(14-19)31-16-23(30)27-11-6-12-29/h3-5,7-10,13-14,17,25-26,28-29H,6,11-12,15-16H2,1-2H3,(H,27,30)/b22-13-. The Hall–Kier alpha value is -2.59. The number of carbonyl (C=O) groups excluding carboxylic acids is 1. The van der Waals surface area contributed by atoms with Crippen molar-refractivity contribution in [2.75, 3.05) is 40.4 Å². The van der Waals surface area contributed by atoms with Crippen molar-refractivity contribution in [3.63, 3.8) is 0 Å². The summed E-state index contributed by atoms with van der Waals surface area (Å²) >= 11 is 1.33. The van der Waals surface area contributed by atoms with Gasteiger partial charge in [0.2, 0.25) is 0 Å². The number of halogens is 1. The van der Waals surface area contributed by atoms with Gasteiger partial charge in [0.1, 0.15) is 11.6 Å². The molecule has 0 aromatic heterocycles. The van der Waals surface area contributed by atoms with E-state index in [2.05, 4.69) is 20.7 Å². The summed E-state index contributed by atoms with van der Waals surface area (Å²) in [6.45, 7) is 1.01. The molecule has 7 nitrogen and oxygen atoms in total. The average molecular weight is 463 g/mol. The summed E-state index contributed by atoms with van der Waals surface area (Å²) < 4.78 is 23.3. The lowest BCUT2D eigenvalue weighted by atomic mass is 10.1. The molecule has 9 heteroatoms. The molecule has 2 aromatic rings. The molecular weight excluding hydrogens is 431 g/mol. The fourth-order valence-corrected chi connectivity index (χ4v) is 3.50. The van der Waals surface area contributed by atoms with Gasteiger partial charge in [0.25, 0.3) is 5.91 Å². The topological polar surface area (TPSA) is 94.7 Å². The molecule has 174 valence electrons. The number of carbonyl (C=O) groups is 1. The molecule has 0 spiro atoms. The summed E-state index contributed by atoms with van der Waals surface area (Å²) in [6.07, 6.45) is 2.45. The second-order valence-electron chi connectivity index (χ2n) is 6.91. The third-order valence-corrected chi connectivity index (χ3v) is 5.25. The van der Waals surface area contributed by atoms with E-state index in [0.29, 0.717) is 36.5 Å². The van der Waals surface area contributed by atoms with Gasteiger partial charge >= 0.3 is 0 Å². The summed E-state index contributed by atoms with van der Waals surface area (Å²) in [7, 11) is 3.72. The van der Waals surface area contributed by atoms with Crippen molar-refractivity contribution in [3.8, 4) is 5.75 Å². The van der Waals surface area contributed by atoms with Crippen LogP contribution in [0.5, 0.6) is 5.75 Å². The number of amides is 1. The Bertz CT molecular complexity index is 882. The first-order valence-corrected chi connectivity index (χ1v) is 11.2. The molecule has 0 aliphatic carbocycles. The molecule has 0 fully saturated rings. The number of nitrogens with one attached hydrogen (secondary N) is 4. The fourth-order valence-electron chi connectivity index (χ4n) is 2.77. The van der Waals surface area contributed by atoms with Crippen LogP contribution in [0.25, 0.3) is 5.70 Å². The van der Waals surface area contributed by atoms with Crippen LogP contribution < -0.4 is 25.4 Å². The molecule has 0 aliphatic heterocycles. The molecule has 2 rings (SSSR count). The van der Waals surface area contributed by atoms with Gasteiger partial charge in [-0.05, 0) is 68.9 Å². The van der Waals surface area contributed by atoms with E-state index in [4.69, 9.17) is 9.84 Å². The first-order chi connectivity index (χ1) is 15.6. The minimum absolute atomic E-state index is 0.00159. The monoisotopic (exact) mass is 462 g/mol. The number of aliphatic hydroxyl groups excluding tert-OH is 1. The zero-order valence-electron chi connectivity index (χ0n) is 18.4. The van der Waals surface area contributed by atoms with Gasteiger partial charge < -0.3 is 30.5 Å². The number of likely N-dealkylation sites (N-methyl/N-ethyl adjacent to an activating group) is 2. The number of ether oxygens (including phenoxy) is 1. The van der Waals surface area contributed by atoms with Crippen LogP contribution in [0, 0.1) is 5.82 Å². The molecule has 0 saturated carbocycles. The second-order valence-corrected chi connectivity index (χ2v) is 7.79. The van der Waals surface area contributed by atoms with Gasteiger partial charge in [-0.2, -0.15) is 0 Å². The molecular formula is C23H31FN4O3S. The Morgan fingerprint density at radius 2 is 2.03 bits per heavy atom. The van der Waals surface area contributed by atoms with Crippen LogP contribution in [0.15, 0.2) is 59.5 Å². The van der Waals surface area contributed by atoms with Crippen molar-refractivity contribution in [1.82, 2.24) is 20.7 Å². The van der Waals surface area contributed by atoms with Gasteiger partial charge in [-0.25, -0.2) is 4.39 Å². The Balaban J connectivity index is 2.06. The first kappa shape index (κ1) is 25.7. The Kier molecular flexibility index (Phi) is 11.6. The van der Waals surface area contributed by atoms with Gasteiger partial charge in [-0.3, -0.25) is 4.79 Å². The van der Waals surface area contributed by atoms with E-state index in [0.717, 1.165) is 4.90 Å². The minimum atomic E-state index is -0.310. The maximum Gasteiger partial charge on any atom is 0.257 e. The van der Waals surface area contributed by atoms with Gasteiger partial charge in [0.05, 0.1) is 5.70 Å². The zero-order valence-corrected chi connectivity index (χ0v) is 19.2. The first-order valence-electron chi connectivity index (χ1n) is 10.4. The molecule has 0 aliphatic rings. The summed E-state index contributed by atoms with van der Waals surface area (Å²) in [5.41, 5.74) is 1.13. The lowest BCUT2D eigenvalue weighted by Gasteiger charge is -2.17. The van der Waals surface area contributed by atoms with Crippen LogP contribution in [0.1, 0.15) is 12.0 Å². The summed E-state index contributed by atoms with van der Waals surface area (Å²) in [4.78, 5) is 12.6. The average Bonchev–Trinajstić information content (AvgIpc) is 2.80. The van der Waals surface area contributed by atoms with E-state index in [1.165, 1.54) is 18.0 Å². The molecule has 5 N–H and O–H groups in total. The lowest BCUT2D eigenvalue weighted by molar-refractivity contribution is -0.123. The zero-order chi connectivity index (χ0) is 23.2. The summed E-state index contributed by atoms with van der Waals surface area (Å²) in [5.74, 6) is -0.00804. The summed E-state index contributed by atoms with van der Waals surface area (Å²) in [6, 6.07) is 13.9. The Morgan fingerprint density at radius 3 is 2.75 bits per heavy atom. The minimum Gasteiger partial charge on any atom is -0.484 e. The van der Waals surface area contributed by atoms with Crippen molar-refractivity contribution in [2.45, 2.75) is 17.4 Å². The SMILES string of the molecule is CNCC(/C=C(\NSc1cccc(OCC(=O)NCCCO)c1)c1ccccc1F)NC. The normalized spacial score (nSPS) is 12.3. The van der Waals surface area contributed by atoms with Crippen LogP contribution in [0.3, 0.4) is 0 Å². The molecule has 1 amide bonds. The predicted octanol–water partition coefficient (Wildman–Crippen LogP) is 2.15. The molecule has 2 aromatic carbocycles. The van der Waals surface area contributed by atoms with Crippen molar-refractivity contribution in [3.05, 3.63) is 66.0 Å². The van der Waals surface area contributed by atoms with Gasteiger partial charge in [-0.1, -0.05) is 18.2 Å². The molecule has 0 heterocycles. The van der Waals surface area contributed by atoms with Gasteiger partial charge in [-0.15, -0.1) is 0 Å². The number of benzene rings is 2. The van der Waals surface area contributed by atoms with Crippen LogP contribution in [-0.2, 0) is 4.79 Å². The number of hydrogen-bond acceptors (Lipinski definition) is 7. The highest BCUT2D eigenvalue weighted by molar-refractivity contribution is 7.97. The second kappa shape index (κ2) is 14.5. The number of aliphatic hydroxyl groups is 1. The van der Waals surface area contributed by atoms with Gasteiger partial charge in [0, 0.05) is 36.2 Å². The van der Waals surface area contributed by atoms with E-state index in [1.54, 1.807) is 30.3 Å². The summed E-state index contributed by atoms with van der Waals surface area (Å²) in [5, 5.41) is 17.7. The molecule has 0 radical (unpaired) electrons. The van der Waals surface area contributed by atoms with Crippen molar-refractivity contribution >= 4 is 23.6 Å². The van der Waals surface area contributed by atoms with Crippen LogP contribution in [0.4, 0.5) is 4.39 Å². The van der Waals surface area contributed by atoms with Crippen molar-refractivity contribution in [2.24, 2.45) is 0 Å². The highest BCUT2D eigenvalue weighted by atomic mass is 32.2.